The number of rotatable bonds is 3. The van der Waals surface area contributed by atoms with Crippen molar-refractivity contribution in [2.24, 2.45) is 5.11 Å². The normalized spacial score (nSPS) is 16.9. The number of nitrogens with zero attached hydrogens (tertiary/aromatic N) is 4. The minimum absolute atomic E-state index is 0.169. The van der Waals surface area contributed by atoms with E-state index in [1.54, 1.807) is 0 Å². The van der Waals surface area contributed by atoms with E-state index < -0.39 is 0 Å². The average Bonchev–Trinajstić information content (AvgIpc) is 2.15. The first kappa shape index (κ1) is 10.5. The fourth-order valence-electron chi connectivity index (χ4n) is 1.71. The Hall–Kier alpha value is -1.03. The molecule has 5 heteroatoms. The van der Waals surface area contributed by atoms with Gasteiger partial charge in [-0.1, -0.05) is 33.2 Å². The smallest absolute Gasteiger partial charge is 0.0628 e. The Kier molecular flexibility index (Phi) is 3.26. The van der Waals surface area contributed by atoms with Gasteiger partial charge in [0.05, 0.1) is 6.04 Å². The molecule has 0 aliphatic carbocycles. The van der Waals surface area contributed by atoms with Gasteiger partial charge in [0.2, 0.25) is 0 Å². The van der Waals surface area contributed by atoms with Gasteiger partial charge in [0.25, 0.3) is 0 Å². The van der Waals surface area contributed by atoms with Crippen molar-refractivity contribution in [3.63, 3.8) is 0 Å². The molecule has 0 aromatic heterocycles. The summed E-state index contributed by atoms with van der Waals surface area (Å²) in [6.45, 7) is 2.67. The molecule has 4 nitrogen and oxygen atoms in total. The van der Waals surface area contributed by atoms with Gasteiger partial charge >= 0.3 is 0 Å². The molecule has 0 saturated carbocycles. The second kappa shape index (κ2) is 4.66. The van der Waals surface area contributed by atoms with Crippen molar-refractivity contribution < 1.29 is 0 Å². The van der Waals surface area contributed by atoms with Gasteiger partial charge in [0.1, 0.15) is 0 Å². The lowest BCUT2D eigenvalue weighted by atomic mass is 10.1. The Bertz CT molecular complexity index is 394. The first-order valence-corrected chi connectivity index (χ1v) is 5.58. The molecule has 1 fully saturated rings. The number of hydrogen-bond acceptors (Lipinski definition) is 2. The third kappa shape index (κ3) is 2.72. The van der Waals surface area contributed by atoms with Crippen molar-refractivity contribution in [3.05, 3.63) is 44.7 Å². The minimum Gasteiger partial charge on any atom is -0.298 e. The van der Waals surface area contributed by atoms with Crippen molar-refractivity contribution in [2.45, 2.75) is 12.6 Å². The van der Waals surface area contributed by atoms with E-state index in [0.29, 0.717) is 0 Å². The molecule has 1 heterocycles. The molecule has 1 aromatic carbocycles. The molecule has 0 N–H and O–H groups in total. The van der Waals surface area contributed by atoms with E-state index in [1.807, 2.05) is 12.1 Å². The molecule has 0 unspecified atom stereocenters. The molecule has 0 bridgehead atoms. The van der Waals surface area contributed by atoms with Crippen LogP contribution in [0.4, 0.5) is 0 Å². The Balaban J connectivity index is 1.87. The molecule has 1 saturated heterocycles. The van der Waals surface area contributed by atoms with Gasteiger partial charge in [-0.05, 0) is 23.2 Å². The molecule has 0 amide bonds. The number of halogens is 1. The molecule has 15 heavy (non-hydrogen) atoms. The molecule has 0 spiro atoms. The van der Waals surface area contributed by atoms with Gasteiger partial charge in [-0.15, -0.1) is 0 Å². The third-order valence-corrected chi connectivity index (χ3v) is 2.94. The van der Waals surface area contributed by atoms with Crippen molar-refractivity contribution >= 4 is 15.9 Å². The predicted molar refractivity (Wildman–Crippen MR) is 62.4 cm³/mol. The summed E-state index contributed by atoms with van der Waals surface area (Å²) >= 11 is 3.44. The number of hydrogen-bond donors (Lipinski definition) is 0. The van der Waals surface area contributed by atoms with Crippen LogP contribution in [0.5, 0.6) is 0 Å². The average molecular weight is 267 g/mol. The summed E-state index contributed by atoms with van der Waals surface area (Å²) in [5.74, 6) is 0. The first-order valence-electron chi connectivity index (χ1n) is 4.79. The maximum absolute atomic E-state index is 8.25. The highest BCUT2D eigenvalue weighted by Gasteiger charge is 2.25. The molecule has 2 rings (SSSR count). The van der Waals surface area contributed by atoms with Crippen molar-refractivity contribution in [2.75, 3.05) is 13.1 Å². The quantitative estimate of drug-likeness (QED) is 0.472. The van der Waals surface area contributed by atoms with Crippen molar-refractivity contribution in [1.29, 1.82) is 0 Å². The highest BCUT2D eigenvalue weighted by atomic mass is 79.9. The summed E-state index contributed by atoms with van der Waals surface area (Å²) in [6, 6.07) is 8.43. The van der Waals surface area contributed by atoms with E-state index in [2.05, 4.69) is 43.0 Å². The molecule has 1 aromatic rings. The summed E-state index contributed by atoms with van der Waals surface area (Å²) < 4.78 is 1.10. The van der Waals surface area contributed by atoms with Gasteiger partial charge < -0.3 is 0 Å². The monoisotopic (exact) mass is 266 g/mol. The van der Waals surface area contributed by atoms with Crippen LogP contribution in [0.3, 0.4) is 0 Å². The lowest BCUT2D eigenvalue weighted by Crippen LogP contribution is -2.48. The van der Waals surface area contributed by atoms with Crippen LogP contribution in [0.2, 0.25) is 0 Å². The first-order chi connectivity index (χ1) is 7.28. The van der Waals surface area contributed by atoms with E-state index in [0.717, 1.165) is 24.1 Å². The van der Waals surface area contributed by atoms with Crippen molar-refractivity contribution in [3.8, 4) is 0 Å². The standard InChI is InChI=1S/C10H11BrN4/c11-9-3-1-2-8(4-9)5-15-6-10(7-15)13-14-12/h1-4,10H,5-7H2. The summed E-state index contributed by atoms with van der Waals surface area (Å²) in [5, 5.41) is 3.67. The van der Waals surface area contributed by atoms with Gasteiger partial charge in [-0.3, -0.25) is 4.90 Å². The fourth-order valence-corrected chi connectivity index (χ4v) is 2.16. The van der Waals surface area contributed by atoms with Crippen LogP contribution >= 0.6 is 15.9 Å². The van der Waals surface area contributed by atoms with E-state index in [-0.39, 0.29) is 6.04 Å². The van der Waals surface area contributed by atoms with E-state index in [1.165, 1.54) is 5.56 Å². The van der Waals surface area contributed by atoms with Crippen LogP contribution in [0.25, 0.3) is 10.4 Å². The lowest BCUT2D eigenvalue weighted by Gasteiger charge is -2.36. The number of likely N-dealkylation sites (tertiary alicyclic amines) is 1. The number of azide groups is 1. The Morgan fingerprint density at radius 2 is 2.33 bits per heavy atom. The van der Waals surface area contributed by atoms with Crippen LogP contribution < -0.4 is 0 Å². The molecule has 0 radical (unpaired) electrons. The maximum atomic E-state index is 8.25. The second-order valence-electron chi connectivity index (χ2n) is 3.68. The molecule has 0 atom stereocenters. The summed E-state index contributed by atoms with van der Waals surface area (Å²) in [4.78, 5) is 5.07. The highest BCUT2D eigenvalue weighted by molar-refractivity contribution is 9.10. The second-order valence-corrected chi connectivity index (χ2v) is 4.60. The molecule has 1 aliphatic rings. The largest absolute Gasteiger partial charge is 0.298 e. The summed E-state index contributed by atoms with van der Waals surface area (Å²) in [7, 11) is 0. The number of benzene rings is 1. The van der Waals surface area contributed by atoms with E-state index in [4.69, 9.17) is 5.53 Å². The molecule has 1 aliphatic heterocycles. The SMILES string of the molecule is [N-]=[N+]=NC1CN(Cc2cccc(Br)c2)C1. The molecule has 78 valence electrons. The fraction of sp³-hybridized carbons (Fsp3) is 0.400. The van der Waals surface area contributed by atoms with E-state index in [9.17, 15) is 0 Å². The van der Waals surface area contributed by atoms with Crippen LogP contribution in [-0.4, -0.2) is 24.0 Å². The van der Waals surface area contributed by atoms with Gasteiger partial charge in [0.15, 0.2) is 0 Å². The summed E-state index contributed by atoms with van der Waals surface area (Å²) in [5.41, 5.74) is 9.53. The Labute approximate surface area is 96.6 Å². The van der Waals surface area contributed by atoms with Crippen molar-refractivity contribution in [1.82, 2.24) is 4.90 Å². The zero-order valence-corrected chi connectivity index (χ0v) is 9.76. The highest BCUT2D eigenvalue weighted by Crippen LogP contribution is 2.18. The van der Waals surface area contributed by atoms with Gasteiger partial charge in [-0.2, -0.15) is 0 Å². The predicted octanol–water partition coefficient (Wildman–Crippen LogP) is 2.94. The van der Waals surface area contributed by atoms with Crippen LogP contribution in [0.15, 0.2) is 33.9 Å². The zero-order chi connectivity index (χ0) is 10.7. The van der Waals surface area contributed by atoms with Gasteiger partial charge in [0, 0.05) is 29.0 Å². The molecular formula is C10H11BrN4. The van der Waals surface area contributed by atoms with Gasteiger partial charge in [-0.25, -0.2) is 0 Å². The topological polar surface area (TPSA) is 52.0 Å². The lowest BCUT2D eigenvalue weighted by molar-refractivity contribution is 0.142. The minimum atomic E-state index is 0.169. The zero-order valence-electron chi connectivity index (χ0n) is 8.17. The molecular weight excluding hydrogens is 256 g/mol. The van der Waals surface area contributed by atoms with Crippen LogP contribution in [0, 0.1) is 0 Å². The van der Waals surface area contributed by atoms with Crippen LogP contribution in [0.1, 0.15) is 5.56 Å². The third-order valence-electron chi connectivity index (χ3n) is 2.45. The van der Waals surface area contributed by atoms with Crippen LogP contribution in [-0.2, 0) is 6.54 Å². The Morgan fingerprint density at radius 1 is 1.53 bits per heavy atom. The van der Waals surface area contributed by atoms with E-state index >= 15 is 0 Å². The Morgan fingerprint density at radius 3 is 3.00 bits per heavy atom. The maximum Gasteiger partial charge on any atom is 0.0628 e. The summed E-state index contributed by atoms with van der Waals surface area (Å²) in [6.07, 6.45) is 0.